The van der Waals surface area contributed by atoms with Gasteiger partial charge in [-0.1, -0.05) is 6.07 Å². The van der Waals surface area contributed by atoms with Gasteiger partial charge in [0.05, 0.1) is 13.7 Å². The Morgan fingerprint density at radius 2 is 1.72 bits per heavy atom. The zero-order chi connectivity index (χ0) is 18.2. The summed E-state index contributed by atoms with van der Waals surface area (Å²) in [4.78, 5) is 13.6. The maximum absolute atomic E-state index is 13.7. The Morgan fingerprint density at radius 1 is 1.08 bits per heavy atom. The summed E-state index contributed by atoms with van der Waals surface area (Å²) in [6.45, 7) is 2.69. The first-order valence-corrected chi connectivity index (χ1v) is 7.95. The van der Waals surface area contributed by atoms with Crippen LogP contribution in [0.2, 0.25) is 0 Å². The van der Waals surface area contributed by atoms with Crippen LogP contribution in [0.1, 0.15) is 12.5 Å². The first kappa shape index (κ1) is 18.6. The van der Waals surface area contributed by atoms with E-state index in [0.717, 1.165) is 5.75 Å². The van der Waals surface area contributed by atoms with Gasteiger partial charge in [-0.05, 0) is 48.9 Å². The maximum atomic E-state index is 13.7. The van der Waals surface area contributed by atoms with Crippen molar-refractivity contribution < 1.29 is 23.4 Å². The van der Waals surface area contributed by atoms with E-state index in [1.54, 1.807) is 43.4 Å². The molecule has 0 N–H and O–H groups in total. The standard InChI is InChI=1S/C19H22FNO4/c1-4-24-15-6-8-16(9-7-15)25-13-19(22)21(2)12-14-5-10-18(23-3)17(20)11-14/h5-11H,4,12-13H2,1-3H3. The molecule has 0 fully saturated rings. The SMILES string of the molecule is CCOc1ccc(OCC(=O)N(C)Cc2ccc(OC)c(F)c2)cc1. The molecular weight excluding hydrogens is 325 g/mol. The van der Waals surface area contributed by atoms with Crippen LogP contribution in [-0.2, 0) is 11.3 Å². The van der Waals surface area contributed by atoms with Crippen LogP contribution in [0.25, 0.3) is 0 Å². The Bertz CT molecular complexity index is 703. The average Bonchev–Trinajstić information content (AvgIpc) is 2.61. The van der Waals surface area contributed by atoms with E-state index in [4.69, 9.17) is 14.2 Å². The highest BCUT2D eigenvalue weighted by Crippen LogP contribution is 2.19. The summed E-state index contributed by atoms with van der Waals surface area (Å²) in [5, 5.41) is 0. The Labute approximate surface area is 146 Å². The lowest BCUT2D eigenvalue weighted by molar-refractivity contribution is -0.132. The van der Waals surface area contributed by atoms with Crippen molar-refractivity contribution in [2.24, 2.45) is 0 Å². The van der Waals surface area contributed by atoms with E-state index in [-0.39, 0.29) is 24.8 Å². The third-order valence-corrected chi connectivity index (χ3v) is 3.56. The molecule has 0 heterocycles. The lowest BCUT2D eigenvalue weighted by Crippen LogP contribution is -2.31. The van der Waals surface area contributed by atoms with Gasteiger partial charge in [-0.15, -0.1) is 0 Å². The van der Waals surface area contributed by atoms with Crippen LogP contribution in [-0.4, -0.2) is 38.2 Å². The summed E-state index contributed by atoms with van der Waals surface area (Å²) in [6.07, 6.45) is 0. The molecular formula is C19H22FNO4. The predicted octanol–water partition coefficient (Wildman–Crippen LogP) is 3.27. The van der Waals surface area contributed by atoms with Gasteiger partial charge in [0.25, 0.3) is 5.91 Å². The first-order chi connectivity index (χ1) is 12.0. The number of halogens is 1. The van der Waals surface area contributed by atoms with E-state index in [9.17, 15) is 9.18 Å². The highest BCUT2D eigenvalue weighted by molar-refractivity contribution is 5.77. The highest BCUT2D eigenvalue weighted by Gasteiger charge is 2.12. The number of methoxy groups -OCH3 is 1. The molecule has 0 aliphatic rings. The largest absolute Gasteiger partial charge is 0.494 e. The second kappa shape index (κ2) is 8.92. The second-order valence-corrected chi connectivity index (χ2v) is 5.41. The molecule has 0 aliphatic heterocycles. The number of ether oxygens (including phenoxy) is 3. The van der Waals surface area contributed by atoms with Crippen molar-refractivity contribution in [1.29, 1.82) is 0 Å². The van der Waals surface area contributed by atoms with Gasteiger partial charge >= 0.3 is 0 Å². The van der Waals surface area contributed by atoms with Gasteiger partial charge in [0, 0.05) is 13.6 Å². The molecule has 0 aliphatic carbocycles. The maximum Gasteiger partial charge on any atom is 0.260 e. The third-order valence-electron chi connectivity index (χ3n) is 3.56. The van der Waals surface area contributed by atoms with Gasteiger partial charge in [0.2, 0.25) is 0 Å². The Balaban J connectivity index is 1.86. The van der Waals surface area contributed by atoms with Crippen molar-refractivity contribution in [3.8, 4) is 17.2 Å². The molecule has 1 amide bonds. The van der Waals surface area contributed by atoms with Crippen LogP contribution in [0.5, 0.6) is 17.2 Å². The van der Waals surface area contributed by atoms with Crippen LogP contribution < -0.4 is 14.2 Å². The third kappa shape index (κ3) is 5.38. The topological polar surface area (TPSA) is 48.0 Å². The fraction of sp³-hybridized carbons (Fsp3) is 0.316. The van der Waals surface area contributed by atoms with E-state index in [1.165, 1.54) is 18.1 Å². The fourth-order valence-electron chi connectivity index (χ4n) is 2.22. The molecule has 0 atom stereocenters. The molecule has 2 rings (SSSR count). The van der Waals surface area contributed by atoms with Gasteiger partial charge in [-0.25, -0.2) is 4.39 Å². The molecule has 5 nitrogen and oxygen atoms in total. The quantitative estimate of drug-likeness (QED) is 0.735. The summed E-state index contributed by atoms with van der Waals surface area (Å²) in [7, 11) is 3.05. The molecule has 134 valence electrons. The molecule has 6 heteroatoms. The van der Waals surface area contributed by atoms with Crippen LogP contribution in [0.3, 0.4) is 0 Å². The molecule has 0 saturated carbocycles. The summed E-state index contributed by atoms with van der Waals surface area (Å²) >= 11 is 0. The molecule has 0 aromatic heterocycles. The van der Waals surface area contributed by atoms with Crippen molar-refractivity contribution in [3.05, 3.63) is 53.8 Å². The number of carbonyl (C=O) groups is 1. The summed E-state index contributed by atoms with van der Waals surface area (Å²) in [6, 6.07) is 11.7. The number of nitrogens with zero attached hydrogens (tertiary/aromatic N) is 1. The van der Waals surface area contributed by atoms with Crippen LogP contribution in [0.4, 0.5) is 4.39 Å². The summed E-state index contributed by atoms with van der Waals surface area (Å²) in [5.74, 6) is 0.855. The Kier molecular flexibility index (Phi) is 6.62. The monoisotopic (exact) mass is 347 g/mol. The molecule has 2 aromatic carbocycles. The second-order valence-electron chi connectivity index (χ2n) is 5.41. The Morgan fingerprint density at radius 3 is 2.28 bits per heavy atom. The minimum Gasteiger partial charge on any atom is -0.494 e. The lowest BCUT2D eigenvalue weighted by Gasteiger charge is -2.18. The molecule has 25 heavy (non-hydrogen) atoms. The minimum absolute atomic E-state index is 0.0941. The number of hydrogen-bond acceptors (Lipinski definition) is 4. The molecule has 2 aromatic rings. The van der Waals surface area contributed by atoms with Crippen LogP contribution in [0.15, 0.2) is 42.5 Å². The van der Waals surface area contributed by atoms with E-state index < -0.39 is 5.82 Å². The summed E-state index contributed by atoms with van der Waals surface area (Å²) in [5.41, 5.74) is 0.676. The van der Waals surface area contributed by atoms with Gasteiger partial charge in [0.1, 0.15) is 11.5 Å². The van der Waals surface area contributed by atoms with E-state index >= 15 is 0 Å². The van der Waals surface area contributed by atoms with E-state index in [0.29, 0.717) is 17.9 Å². The molecule has 0 spiro atoms. The smallest absolute Gasteiger partial charge is 0.260 e. The minimum atomic E-state index is -0.452. The zero-order valence-electron chi connectivity index (χ0n) is 14.6. The Hall–Kier alpha value is -2.76. The fourth-order valence-corrected chi connectivity index (χ4v) is 2.22. The predicted molar refractivity (Wildman–Crippen MR) is 92.5 cm³/mol. The van der Waals surface area contributed by atoms with Gasteiger partial charge in [-0.3, -0.25) is 4.79 Å². The number of hydrogen-bond donors (Lipinski definition) is 0. The summed E-state index contributed by atoms with van der Waals surface area (Å²) < 4.78 is 29.4. The van der Waals surface area contributed by atoms with E-state index in [2.05, 4.69) is 0 Å². The molecule has 0 saturated heterocycles. The normalized spacial score (nSPS) is 10.2. The van der Waals surface area contributed by atoms with Crippen molar-refractivity contribution >= 4 is 5.91 Å². The van der Waals surface area contributed by atoms with Crippen molar-refractivity contribution in [2.75, 3.05) is 27.4 Å². The van der Waals surface area contributed by atoms with Gasteiger partial charge in [-0.2, -0.15) is 0 Å². The van der Waals surface area contributed by atoms with Gasteiger partial charge in [0.15, 0.2) is 18.2 Å². The zero-order valence-corrected chi connectivity index (χ0v) is 14.6. The number of benzene rings is 2. The van der Waals surface area contributed by atoms with Crippen LogP contribution >= 0.6 is 0 Å². The first-order valence-electron chi connectivity index (χ1n) is 7.95. The van der Waals surface area contributed by atoms with E-state index in [1.807, 2.05) is 6.92 Å². The number of rotatable bonds is 8. The number of carbonyl (C=O) groups excluding carboxylic acids is 1. The van der Waals surface area contributed by atoms with Gasteiger partial charge < -0.3 is 19.1 Å². The molecule has 0 radical (unpaired) electrons. The molecule has 0 unspecified atom stereocenters. The van der Waals surface area contributed by atoms with Crippen molar-refractivity contribution in [3.63, 3.8) is 0 Å². The van der Waals surface area contributed by atoms with Crippen molar-refractivity contribution in [1.82, 2.24) is 4.90 Å². The lowest BCUT2D eigenvalue weighted by atomic mass is 10.2. The van der Waals surface area contributed by atoms with Crippen LogP contribution in [0, 0.1) is 5.82 Å². The highest BCUT2D eigenvalue weighted by atomic mass is 19.1. The van der Waals surface area contributed by atoms with Crippen molar-refractivity contribution in [2.45, 2.75) is 13.5 Å². The average molecular weight is 347 g/mol. The number of amides is 1. The molecule has 0 bridgehead atoms. The number of likely N-dealkylation sites (N-methyl/N-ethyl adjacent to an activating group) is 1.